The van der Waals surface area contributed by atoms with Gasteiger partial charge in [-0.1, -0.05) is 40.0 Å². The molecule has 0 N–H and O–H groups in total. The van der Waals surface area contributed by atoms with Crippen molar-refractivity contribution in [2.75, 3.05) is 6.61 Å². The third-order valence-electron chi connectivity index (χ3n) is 3.08. The van der Waals surface area contributed by atoms with E-state index in [1.807, 2.05) is 0 Å². The molecule has 1 heterocycles. The number of nitrogens with zero attached hydrogens (tertiary/aromatic N) is 1. The highest BCUT2D eigenvalue weighted by molar-refractivity contribution is 5.30. The molecule has 0 amide bonds. The van der Waals surface area contributed by atoms with E-state index in [0.717, 1.165) is 12.3 Å². The molecule has 101 valence electrons. The zero-order valence-corrected chi connectivity index (χ0v) is 11.7. The minimum absolute atomic E-state index is 0.273. The third-order valence-corrected chi connectivity index (χ3v) is 3.08. The van der Waals surface area contributed by atoms with Crippen LogP contribution in [0.4, 0.5) is 0 Å². The van der Waals surface area contributed by atoms with E-state index in [-0.39, 0.29) is 5.88 Å². The average Bonchev–Trinajstić information content (AvgIpc) is 2.31. The van der Waals surface area contributed by atoms with Gasteiger partial charge in [0.05, 0.1) is 6.61 Å². The van der Waals surface area contributed by atoms with Gasteiger partial charge in [-0.15, -0.1) is 0 Å². The van der Waals surface area contributed by atoms with E-state index in [4.69, 9.17) is 4.74 Å². The summed E-state index contributed by atoms with van der Waals surface area (Å²) >= 11 is 0. The van der Waals surface area contributed by atoms with E-state index >= 15 is 0 Å². The second-order valence-corrected chi connectivity index (χ2v) is 5.37. The average molecular weight is 250 g/mol. The lowest BCUT2D eigenvalue weighted by molar-refractivity contribution is 0.246. The summed E-state index contributed by atoms with van der Waals surface area (Å²) in [6, 6.07) is 3.40. The summed E-state index contributed by atoms with van der Waals surface area (Å²) in [6.07, 6.45) is 6.28. The summed E-state index contributed by atoms with van der Waals surface area (Å²) in [4.78, 5) is 3.67. The lowest BCUT2D eigenvalue weighted by atomic mass is 9.98. The Morgan fingerprint density at radius 3 is 2.67 bits per heavy atom. The van der Waals surface area contributed by atoms with Crippen LogP contribution in [-0.4, -0.2) is 11.6 Å². The molecular weight excluding hydrogens is 226 g/mol. The minimum atomic E-state index is -0.273. The van der Waals surface area contributed by atoms with Gasteiger partial charge in [0, 0.05) is 6.20 Å². The molecule has 3 heteroatoms. The molecule has 0 aliphatic heterocycles. The van der Waals surface area contributed by atoms with Crippen molar-refractivity contribution in [3.05, 3.63) is 18.3 Å². The van der Waals surface area contributed by atoms with Gasteiger partial charge < -0.3 is 4.74 Å². The van der Waals surface area contributed by atoms with Gasteiger partial charge in [-0.05, 0) is 30.4 Å². The highest BCUT2D eigenvalue weighted by Crippen LogP contribution is 2.23. The van der Waals surface area contributed by atoms with Crippen molar-refractivity contribution < 1.29 is 9.84 Å². The van der Waals surface area contributed by atoms with Crippen LogP contribution in [0.2, 0.25) is 0 Å². The van der Waals surface area contributed by atoms with Crippen molar-refractivity contribution in [3.63, 3.8) is 0 Å². The molecule has 1 radical (unpaired) electrons. The Kier molecular flexibility index (Phi) is 6.55. The van der Waals surface area contributed by atoms with Crippen molar-refractivity contribution in [2.45, 2.75) is 46.5 Å². The maximum atomic E-state index is 11.3. The molecule has 1 atom stereocenters. The second-order valence-electron chi connectivity index (χ2n) is 5.37. The largest absolute Gasteiger partial charge is 0.488 e. The molecular formula is C15H24NO2. The van der Waals surface area contributed by atoms with Crippen LogP contribution in [0, 0.1) is 11.8 Å². The fourth-order valence-electron chi connectivity index (χ4n) is 1.87. The summed E-state index contributed by atoms with van der Waals surface area (Å²) in [5, 5.41) is 11.3. The van der Waals surface area contributed by atoms with Crippen LogP contribution in [0.25, 0.3) is 0 Å². The Labute approximate surface area is 110 Å². The van der Waals surface area contributed by atoms with Gasteiger partial charge >= 0.3 is 5.88 Å². The number of hydrogen-bond donors (Lipinski definition) is 0. The Balaban J connectivity index is 2.15. The first-order valence-corrected chi connectivity index (χ1v) is 6.84. The fraction of sp³-hybridized carbons (Fsp3) is 0.667. The van der Waals surface area contributed by atoms with Crippen LogP contribution < -0.4 is 4.74 Å². The van der Waals surface area contributed by atoms with E-state index in [1.54, 1.807) is 12.1 Å². The maximum absolute atomic E-state index is 11.3. The first kappa shape index (κ1) is 14.8. The highest BCUT2D eigenvalue weighted by Gasteiger charge is 2.06. The molecule has 1 aromatic rings. The highest BCUT2D eigenvalue weighted by atomic mass is 16.5. The minimum Gasteiger partial charge on any atom is -0.488 e. The number of rotatable bonds is 8. The van der Waals surface area contributed by atoms with Crippen LogP contribution in [0.15, 0.2) is 18.3 Å². The van der Waals surface area contributed by atoms with Gasteiger partial charge in [0.2, 0.25) is 0 Å². The summed E-state index contributed by atoms with van der Waals surface area (Å²) in [6.45, 7) is 7.35. The Morgan fingerprint density at radius 1 is 1.22 bits per heavy atom. The van der Waals surface area contributed by atoms with Crippen LogP contribution in [0.1, 0.15) is 46.5 Å². The normalized spacial score (nSPS) is 12.7. The van der Waals surface area contributed by atoms with Crippen LogP contribution in [0.5, 0.6) is 11.6 Å². The van der Waals surface area contributed by atoms with E-state index in [9.17, 15) is 5.11 Å². The summed E-state index contributed by atoms with van der Waals surface area (Å²) in [5.74, 6) is 1.53. The van der Waals surface area contributed by atoms with Crippen LogP contribution >= 0.6 is 0 Å². The molecule has 1 unspecified atom stereocenters. The summed E-state index contributed by atoms with van der Waals surface area (Å²) in [5.41, 5.74) is 0. The monoisotopic (exact) mass is 250 g/mol. The number of aromatic nitrogens is 1. The van der Waals surface area contributed by atoms with Crippen molar-refractivity contribution >= 4 is 0 Å². The Bertz CT molecular complexity index is 339. The van der Waals surface area contributed by atoms with Crippen LogP contribution in [-0.2, 0) is 5.11 Å². The van der Waals surface area contributed by atoms with Gasteiger partial charge in [-0.25, -0.2) is 4.98 Å². The first-order chi connectivity index (χ1) is 8.59. The molecule has 0 bridgehead atoms. The second kappa shape index (κ2) is 7.96. The topological polar surface area (TPSA) is 42.0 Å². The quantitative estimate of drug-likeness (QED) is 0.683. The Hall–Kier alpha value is -1.25. The molecule has 0 aliphatic rings. The van der Waals surface area contributed by atoms with Crippen LogP contribution in [0.3, 0.4) is 0 Å². The zero-order chi connectivity index (χ0) is 13.4. The van der Waals surface area contributed by atoms with Crippen molar-refractivity contribution in [1.29, 1.82) is 0 Å². The molecule has 1 rings (SSSR count). The Morgan fingerprint density at radius 2 is 2.00 bits per heavy atom. The molecule has 0 spiro atoms. The van der Waals surface area contributed by atoms with Crippen molar-refractivity contribution in [1.82, 2.24) is 4.98 Å². The first-order valence-electron chi connectivity index (χ1n) is 6.84. The molecule has 1 aromatic heterocycles. The van der Waals surface area contributed by atoms with E-state index in [0.29, 0.717) is 18.3 Å². The molecule has 0 fully saturated rings. The smallest absolute Gasteiger partial charge is 0.311 e. The van der Waals surface area contributed by atoms with E-state index < -0.39 is 0 Å². The van der Waals surface area contributed by atoms with Gasteiger partial charge in [-0.3, -0.25) is 5.11 Å². The van der Waals surface area contributed by atoms with Crippen molar-refractivity contribution in [2.24, 2.45) is 11.8 Å². The lowest BCUT2D eigenvalue weighted by Crippen LogP contribution is -2.05. The van der Waals surface area contributed by atoms with E-state index in [2.05, 4.69) is 25.8 Å². The molecule has 0 aliphatic carbocycles. The SMILES string of the molecule is CC(C)CCCC(C)CCOc1cccnc1[O]. The predicted octanol–water partition coefficient (Wildman–Crippen LogP) is 4.46. The third kappa shape index (κ3) is 5.89. The number of ether oxygens (including phenoxy) is 1. The van der Waals surface area contributed by atoms with Gasteiger partial charge in [0.1, 0.15) is 0 Å². The van der Waals surface area contributed by atoms with Gasteiger partial charge in [-0.2, -0.15) is 0 Å². The number of pyridine rings is 1. The fourth-order valence-corrected chi connectivity index (χ4v) is 1.87. The van der Waals surface area contributed by atoms with Gasteiger partial charge in [0.15, 0.2) is 5.75 Å². The van der Waals surface area contributed by atoms with E-state index in [1.165, 1.54) is 25.5 Å². The number of hydrogen-bond acceptors (Lipinski definition) is 2. The molecule has 0 saturated carbocycles. The maximum Gasteiger partial charge on any atom is 0.311 e. The molecule has 0 aromatic carbocycles. The molecule has 18 heavy (non-hydrogen) atoms. The standard InChI is InChI=1S/C15H24NO2/c1-12(2)6-4-7-13(3)9-11-18-14-8-5-10-16-15(14)17/h5,8,10,12-13H,4,6-7,9,11H2,1-3H3. The summed E-state index contributed by atoms with van der Waals surface area (Å²) < 4.78 is 5.46. The van der Waals surface area contributed by atoms with Crippen molar-refractivity contribution in [3.8, 4) is 11.6 Å². The predicted molar refractivity (Wildman–Crippen MR) is 72.3 cm³/mol. The lowest BCUT2D eigenvalue weighted by Gasteiger charge is -2.13. The van der Waals surface area contributed by atoms with Gasteiger partial charge in [0.25, 0.3) is 0 Å². The summed E-state index contributed by atoms with van der Waals surface area (Å²) in [7, 11) is 0. The zero-order valence-electron chi connectivity index (χ0n) is 11.7. The molecule has 0 saturated heterocycles. The molecule has 3 nitrogen and oxygen atoms in total.